The minimum Gasteiger partial charge on any atom is -0.337 e. The Kier molecular flexibility index (Phi) is 5.59. The summed E-state index contributed by atoms with van der Waals surface area (Å²) >= 11 is 0. The lowest BCUT2D eigenvalue weighted by Gasteiger charge is -2.40. The number of hydrogen-bond donors (Lipinski definition) is 1. The molecule has 7 rings (SSSR count). The number of rotatable bonds is 4. The van der Waals surface area contributed by atoms with E-state index in [0.717, 1.165) is 52.1 Å². The van der Waals surface area contributed by atoms with Gasteiger partial charge in [0.15, 0.2) is 17.5 Å². The van der Waals surface area contributed by atoms with Gasteiger partial charge in [0, 0.05) is 11.3 Å². The van der Waals surface area contributed by atoms with Crippen LogP contribution in [0.1, 0.15) is 35.3 Å². The second-order valence-electron chi connectivity index (χ2n) is 9.81. The van der Waals surface area contributed by atoms with Gasteiger partial charge in [0.1, 0.15) is 0 Å². The van der Waals surface area contributed by atoms with E-state index in [0.29, 0.717) is 5.84 Å². The molecule has 3 heterocycles. The first-order chi connectivity index (χ1) is 19.2. The van der Waals surface area contributed by atoms with Crippen molar-refractivity contribution in [1.29, 1.82) is 0 Å². The van der Waals surface area contributed by atoms with Crippen LogP contribution in [-0.4, -0.2) is 21.5 Å². The summed E-state index contributed by atoms with van der Waals surface area (Å²) in [6.45, 7) is 4.27. The van der Waals surface area contributed by atoms with Crippen molar-refractivity contribution in [3.8, 4) is 5.69 Å². The first-order valence-corrected chi connectivity index (χ1v) is 13.3. The largest absolute Gasteiger partial charge is 0.337 e. The normalized spacial score (nSPS) is 15.5. The van der Waals surface area contributed by atoms with Gasteiger partial charge in [0.2, 0.25) is 0 Å². The molecule has 1 aromatic heterocycles. The molecular weight excluding hydrogens is 480 g/mol. The predicted octanol–water partition coefficient (Wildman–Crippen LogP) is 7.54. The fourth-order valence-corrected chi connectivity index (χ4v) is 5.46. The molecule has 0 bridgehead atoms. The van der Waals surface area contributed by atoms with Gasteiger partial charge in [0.05, 0.1) is 28.8 Å². The molecule has 6 heteroatoms. The van der Waals surface area contributed by atoms with Gasteiger partial charge in [-0.15, -0.1) is 0 Å². The summed E-state index contributed by atoms with van der Waals surface area (Å²) in [5.41, 5.74) is 8.42. The first kappa shape index (κ1) is 23.2. The average molecular weight is 509 g/mol. The number of aromatic nitrogens is 2. The number of anilines is 2. The highest BCUT2D eigenvalue weighted by Gasteiger charge is 2.41. The number of para-hydroxylation sites is 4. The van der Waals surface area contributed by atoms with Crippen LogP contribution < -0.4 is 10.2 Å². The summed E-state index contributed by atoms with van der Waals surface area (Å²) < 4.78 is 1.96. The highest BCUT2D eigenvalue weighted by molar-refractivity contribution is 6.51. The number of benzene rings is 4. The Bertz CT molecular complexity index is 1720. The van der Waals surface area contributed by atoms with E-state index in [1.54, 1.807) is 0 Å². The Balaban J connectivity index is 1.49. The van der Waals surface area contributed by atoms with Crippen LogP contribution in [-0.2, 0) is 6.42 Å². The highest BCUT2D eigenvalue weighted by Crippen LogP contribution is 2.48. The van der Waals surface area contributed by atoms with Crippen molar-refractivity contribution in [3.63, 3.8) is 0 Å². The molecule has 0 saturated heterocycles. The monoisotopic (exact) mass is 508 g/mol. The smallest absolute Gasteiger partial charge is 0.179 e. The molecule has 0 saturated carbocycles. The Hall–Kier alpha value is -4.97. The fourth-order valence-electron chi connectivity index (χ4n) is 5.46. The summed E-state index contributed by atoms with van der Waals surface area (Å²) in [4.78, 5) is 12.7. The maximum absolute atomic E-state index is 5.30. The maximum Gasteiger partial charge on any atom is 0.179 e. The topological polar surface area (TPSA) is 57.8 Å². The number of nitrogens with zero attached hydrogens (tertiary/aromatic N) is 5. The zero-order chi connectivity index (χ0) is 26.3. The molecule has 2 aliphatic rings. The van der Waals surface area contributed by atoms with E-state index in [4.69, 9.17) is 15.1 Å². The highest BCUT2D eigenvalue weighted by atomic mass is 15.4. The van der Waals surface area contributed by atoms with Gasteiger partial charge in [-0.2, -0.15) is 5.10 Å². The second-order valence-corrected chi connectivity index (χ2v) is 9.81. The van der Waals surface area contributed by atoms with Crippen LogP contribution in [0.25, 0.3) is 5.69 Å². The molecule has 1 unspecified atom stereocenters. The summed E-state index contributed by atoms with van der Waals surface area (Å²) in [7, 11) is 0. The van der Waals surface area contributed by atoms with Crippen LogP contribution in [0.2, 0.25) is 0 Å². The number of fused-ring (bicyclic) bond motifs is 4. The van der Waals surface area contributed by atoms with Crippen molar-refractivity contribution in [3.05, 3.63) is 132 Å². The number of aryl methyl sites for hydroxylation is 2. The molecule has 5 aromatic rings. The lowest BCUT2D eigenvalue weighted by molar-refractivity contribution is 0.814. The lowest BCUT2D eigenvalue weighted by atomic mass is 9.92. The Morgan fingerprint density at radius 1 is 0.769 bits per heavy atom. The van der Waals surface area contributed by atoms with E-state index < -0.39 is 0 Å². The number of amidine groups is 2. The fraction of sp³-hybridized carbons (Fsp3) is 0.121. The number of aliphatic imine (C=N–C) groups is 2. The summed E-state index contributed by atoms with van der Waals surface area (Å²) in [5, 5.41) is 8.57. The number of hydrogen-bond acceptors (Lipinski definition) is 5. The van der Waals surface area contributed by atoms with Crippen molar-refractivity contribution in [2.45, 2.75) is 26.3 Å². The third-order valence-corrected chi connectivity index (χ3v) is 7.38. The zero-order valence-corrected chi connectivity index (χ0v) is 21.9. The van der Waals surface area contributed by atoms with Crippen molar-refractivity contribution < 1.29 is 0 Å². The van der Waals surface area contributed by atoms with Gasteiger partial charge in [-0.05, 0) is 60.9 Å². The molecule has 1 N–H and O–H groups in total. The van der Waals surface area contributed by atoms with Crippen molar-refractivity contribution >= 4 is 34.6 Å². The summed E-state index contributed by atoms with van der Waals surface area (Å²) in [5.74, 6) is 2.31. The zero-order valence-electron chi connectivity index (χ0n) is 21.9. The first-order valence-electron chi connectivity index (χ1n) is 13.3. The van der Waals surface area contributed by atoms with Crippen molar-refractivity contribution in [2.24, 2.45) is 9.98 Å². The molecular formula is C33H28N6. The molecule has 0 spiro atoms. The molecule has 4 aromatic carbocycles. The van der Waals surface area contributed by atoms with Crippen LogP contribution >= 0.6 is 0 Å². The molecule has 0 aliphatic carbocycles. The molecule has 0 radical (unpaired) electrons. The standard InChI is InChI=1S/C33H28N6/c1-3-23-18-20-24(21-19-23)30-29-22(2)37-39(26-14-8-5-9-15-26)32(29)36-33-31(34-25-12-6-4-7-13-25)35-27-16-10-11-17-28(27)38(30)33/h4-21,30H,3H2,1-2H3,(H,34,35). The van der Waals surface area contributed by atoms with E-state index in [1.807, 2.05) is 59.3 Å². The van der Waals surface area contributed by atoms with Gasteiger partial charge in [-0.3, -0.25) is 0 Å². The SMILES string of the molecule is CCc1ccc(C2c3c(C)nn(-c4ccccc4)c3N=C3C(Nc4ccccc4)=Nc4ccccc4N32)cc1. The molecule has 0 fully saturated rings. The Labute approximate surface area is 228 Å². The van der Waals surface area contributed by atoms with Gasteiger partial charge >= 0.3 is 0 Å². The van der Waals surface area contributed by atoms with Gasteiger partial charge < -0.3 is 10.2 Å². The third-order valence-electron chi connectivity index (χ3n) is 7.38. The van der Waals surface area contributed by atoms with Crippen LogP contribution in [0.4, 0.5) is 22.9 Å². The Morgan fingerprint density at radius 3 is 2.21 bits per heavy atom. The van der Waals surface area contributed by atoms with E-state index >= 15 is 0 Å². The van der Waals surface area contributed by atoms with E-state index in [-0.39, 0.29) is 6.04 Å². The second kappa shape index (κ2) is 9.40. The van der Waals surface area contributed by atoms with E-state index in [9.17, 15) is 0 Å². The van der Waals surface area contributed by atoms with Crippen LogP contribution in [0.3, 0.4) is 0 Å². The molecule has 6 nitrogen and oxygen atoms in total. The van der Waals surface area contributed by atoms with Crippen molar-refractivity contribution in [1.82, 2.24) is 9.78 Å². The van der Waals surface area contributed by atoms with E-state index in [2.05, 4.69) is 78.7 Å². The molecule has 190 valence electrons. The molecule has 39 heavy (non-hydrogen) atoms. The molecule has 2 aliphatic heterocycles. The van der Waals surface area contributed by atoms with E-state index in [1.165, 1.54) is 11.1 Å². The third kappa shape index (κ3) is 3.92. The minimum atomic E-state index is -0.125. The van der Waals surface area contributed by atoms with Crippen molar-refractivity contribution in [2.75, 3.05) is 10.2 Å². The number of nitrogens with one attached hydrogen (secondary N) is 1. The minimum absolute atomic E-state index is 0.125. The van der Waals surface area contributed by atoms with Crippen LogP contribution in [0.15, 0.2) is 119 Å². The summed E-state index contributed by atoms with van der Waals surface area (Å²) in [6, 6.07) is 37.4. The lowest BCUT2D eigenvalue weighted by Crippen LogP contribution is -2.46. The van der Waals surface area contributed by atoms with Gasteiger partial charge in [-0.1, -0.05) is 79.7 Å². The molecule has 1 atom stereocenters. The Morgan fingerprint density at radius 2 is 1.46 bits per heavy atom. The average Bonchev–Trinajstić information content (AvgIpc) is 3.33. The van der Waals surface area contributed by atoms with Gasteiger partial charge in [0.25, 0.3) is 0 Å². The summed E-state index contributed by atoms with van der Waals surface area (Å²) in [6.07, 6.45) is 0.998. The van der Waals surface area contributed by atoms with Gasteiger partial charge in [-0.25, -0.2) is 14.7 Å². The maximum atomic E-state index is 5.30. The quantitative estimate of drug-likeness (QED) is 0.273. The van der Waals surface area contributed by atoms with Crippen LogP contribution in [0.5, 0.6) is 0 Å². The molecule has 0 amide bonds. The predicted molar refractivity (Wildman–Crippen MR) is 159 cm³/mol. The van der Waals surface area contributed by atoms with Crippen LogP contribution in [0, 0.1) is 6.92 Å².